The van der Waals surface area contributed by atoms with E-state index in [9.17, 15) is 13.2 Å². The Morgan fingerprint density at radius 1 is 1.52 bits per heavy atom. The number of sulfone groups is 1. The van der Waals surface area contributed by atoms with Gasteiger partial charge in [-0.25, -0.2) is 13.4 Å². The summed E-state index contributed by atoms with van der Waals surface area (Å²) in [5.74, 6) is 0.883. The van der Waals surface area contributed by atoms with Crippen LogP contribution in [0.2, 0.25) is 0 Å². The Morgan fingerprint density at radius 2 is 2.26 bits per heavy atom. The van der Waals surface area contributed by atoms with Gasteiger partial charge in [0.25, 0.3) is 0 Å². The summed E-state index contributed by atoms with van der Waals surface area (Å²) in [4.78, 5) is 18.7. The molecular formula is C15H25N3O3S2. The third kappa shape index (κ3) is 4.97. The lowest BCUT2D eigenvalue weighted by atomic mass is 10.1. The largest absolute Gasteiger partial charge is 0.338 e. The number of carbonyl (C=O) groups is 1. The van der Waals surface area contributed by atoms with Crippen molar-refractivity contribution >= 4 is 27.5 Å². The Labute approximate surface area is 142 Å². The Balaban J connectivity index is 2.02. The van der Waals surface area contributed by atoms with Crippen LogP contribution in [0.3, 0.4) is 0 Å². The molecule has 1 aromatic rings. The van der Waals surface area contributed by atoms with Gasteiger partial charge < -0.3 is 9.47 Å². The predicted molar refractivity (Wildman–Crippen MR) is 92.2 cm³/mol. The lowest BCUT2D eigenvalue weighted by molar-refractivity contribution is -0.130. The third-order valence-electron chi connectivity index (χ3n) is 3.87. The first-order chi connectivity index (χ1) is 10.8. The molecule has 1 aliphatic heterocycles. The number of imidazole rings is 1. The van der Waals surface area contributed by atoms with E-state index in [1.54, 1.807) is 11.1 Å². The van der Waals surface area contributed by atoms with Crippen molar-refractivity contribution in [1.82, 2.24) is 14.5 Å². The summed E-state index contributed by atoms with van der Waals surface area (Å²) < 4.78 is 25.4. The van der Waals surface area contributed by atoms with Gasteiger partial charge in [-0.2, -0.15) is 0 Å². The van der Waals surface area contributed by atoms with E-state index in [1.807, 2.05) is 31.5 Å². The van der Waals surface area contributed by atoms with Gasteiger partial charge in [0.05, 0.1) is 17.3 Å². The van der Waals surface area contributed by atoms with E-state index < -0.39 is 9.84 Å². The minimum atomic E-state index is -3.00. The number of aryl methyl sites for hydroxylation is 1. The molecule has 0 radical (unpaired) electrons. The number of thioether (sulfide) groups is 1. The molecule has 1 saturated heterocycles. The molecule has 1 unspecified atom stereocenters. The zero-order valence-corrected chi connectivity index (χ0v) is 15.6. The fraction of sp³-hybridized carbons (Fsp3) is 0.733. The maximum absolute atomic E-state index is 12.6. The van der Waals surface area contributed by atoms with Crippen LogP contribution in [0.1, 0.15) is 27.2 Å². The molecule has 1 aliphatic rings. The van der Waals surface area contributed by atoms with Crippen molar-refractivity contribution in [2.75, 3.05) is 23.8 Å². The summed E-state index contributed by atoms with van der Waals surface area (Å²) in [6.45, 7) is 7.53. The van der Waals surface area contributed by atoms with Crippen LogP contribution in [0.15, 0.2) is 17.6 Å². The summed E-state index contributed by atoms with van der Waals surface area (Å²) in [5.41, 5.74) is 0. The van der Waals surface area contributed by atoms with Gasteiger partial charge in [0.2, 0.25) is 5.91 Å². The van der Waals surface area contributed by atoms with Crippen LogP contribution in [-0.2, 0) is 21.2 Å². The predicted octanol–water partition coefficient (Wildman–Crippen LogP) is 1.67. The summed E-state index contributed by atoms with van der Waals surface area (Å²) in [5, 5.41) is 0.824. The second-order valence-electron chi connectivity index (χ2n) is 6.28. The Hall–Kier alpha value is -1.02. The maximum Gasteiger partial charge on any atom is 0.233 e. The number of amides is 1. The van der Waals surface area contributed by atoms with Crippen molar-refractivity contribution in [3.63, 3.8) is 0 Å². The molecule has 1 fully saturated rings. The molecular weight excluding hydrogens is 334 g/mol. The van der Waals surface area contributed by atoms with Crippen molar-refractivity contribution in [1.29, 1.82) is 0 Å². The van der Waals surface area contributed by atoms with Crippen LogP contribution >= 0.6 is 11.8 Å². The number of carbonyl (C=O) groups excluding carboxylic acids is 1. The maximum atomic E-state index is 12.6. The molecule has 23 heavy (non-hydrogen) atoms. The first-order valence-corrected chi connectivity index (χ1v) is 10.8. The van der Waals surface area contributed by atoms with Crippen LogP contribution in [0.5, 0.6) is 0 Å². The summed E-state index contributed by atoms with van der Waals surface area (Å²) >= 11 is 1.41. The second kappa shape index (κ2) is 7.70. The van der Waals surface area contributed by atoms with Crippen molar-refractivity contribution in [3.05, 3.63) is 12.4 Å². The minimum absolute atomic E-state index is 0.00328. The number of nitrogens with zero attached hydrogens (tertiary/aromatic N) is 3. The van der Waals surface area contributed by atoms with Gasteiger partial charge in [-0.3, -0.25) is 4.79 Å². The average Bonchev–Trinajstić information content (AvgIpc) is 3.07. The SMILES string of the molecule is CCn1ccnc1SCC(=O)N(CC(C)C)C1CCS(=O)(=O)C1. The topological polar surface area (TPSA) is 72.3 Å². The molecule has 130 valence electrons. The van der Waals surface area contributed by atoms with Gasteiger partial charge in [0.15, 0.2) is 15.0 Å². The van der Waals surface area contributed by atoms with E-state index >= 15 is 0 Å². The molecule has 0 aliphatic carbocycles. The van der Waals surface area contributed by atoms with E-state index in [4.69, 9.17) is 0 Å². The van der Waals surface area contributed by atoms with E-state index in [2.05, 4.69) is 4.98 Å². The minimum Gasteiger partial charge on any atom is -0.338 e. The highest BCUT2D eigenvalue weighted by Crippen LogP contribution is 2.22. The van der Waals surface area contributed by atoms with E-state index in [0.717, 1.165) is 11.7 Å². The summed E-state index contributed by atoms with van der Waals surface area (Å²) in [6.07, 6.45) is 4.17. The first-order valence-electron chi connectivity index (χ1n) is 7.96. The van der Waals surface area contributed by atoms with Crippen LogP contribution in [0.25, 0.3) is 0 Å². The summed E-state index contributed by atoms with van der Waals surface area (Å²) in [7, 11) is -3.00. The first kappa shape index (κ1) is 18.3. The molecule has 8 heteroatoms. The highest BCUT2D eigenvalue weighted by molar-refractivity contribution is 7.99. The monoisotopic (exact) mass is 359 g/mol. The smallest absolute Gasteiger partial charge is 0.233 e. The van der Waals surface area contributed by atoms with Crippen molar-refractivity contribution in [3.8, 4) is 0 Å². The van der Waals surface area contributed by atoms with Gasteiger partial charge in [-0.15, -0.1) is 0 Å². The number of hydrogen-bond acceptors (Lipinski definition) is 5. The number of rotatable bonds is 7. The molecule has 1 amide bonds. The fourth-order valence-electron chi connectivity index (χ4n) is 2.75. The lowest BCUT2D eigenvalue weighted by Crippen LogP contribution is -2.44. The molecule has 6 nitrogen and oxygen atoms in total. The van der Waals surface area contributed by atoms with Crippen molar-refractivity contribution < 1.29 is 13.2 Å². The van der Waals surface area contributed by atoms with Gasteiger partial charge in [-0.05, 0) is 19.3 Å². The van der Waals surface area contributed by atoms with Crippen LogP contribution < -0.4 is 0 Å². The molecule has 0 N–H and O–H groups in total. The van der Waals surface area contributed by atoms with Crippen LogP contribution in [0, 0.1) is 5.92 Å². The van der Waals surface area contributed by atoms with Crippen molar-refractivity contribution in [2.45, 2.75) is 44.9 Å². The quantitative estimate of drug-likeness (QED) is 0.693. The van der Waals surface area contributed by atoms with Gasteiger partial charge >= 0.3 is 0 Å². The van der Waals surface area contributed by atoms with E-state index in [0.29, 0.717) is 24.6 Å². The average molecular weight is 360 g/mol. The normalized spacial score (nSPS) is 20.1. The molecule has 2 heterocycles. The molecule has 0 bridgehead atoms. The van der Waals surface area contributed by atoms with E-state index in [-0.39, 0.29) is 23.5 Å². The fourth-order valence-corrected chi connectivity index (χ4v) is 5.39. The van der Waals surface area contributed by atoms with E-state index in [1.165, 1.54) is 11.8 Å². The Bertz CT molecular complexity index is 640. The van der Waals surface area contributed by atoms with Crippen molar-refractivity contribution in [2.24, 2.45) is 5.92 Å². The number of aromatic nitrogens is 2. The molecule has 2 rings (SSSR count). The standard InChI is InChI=1S/C15H25N3O3S2/c1-4-17-7-6-16-15(17)22-10-14(19)18(9-12(2)3)13-5-8-23(20,21)11-13/h6-7,12-13H,4-5,8-11H2,1-3H3. The van der Waals surface area contributed by atoms with Crippen LogP contribution in [0.4, 0.5) is 0 Å². The zero-order chi connectivity index (χ0) is 17.0. The second-order valence-corrected chi connectivity index (χ2v) is 9.45. The molecule has 1 atom stereocenters. The third-order valence-corrected chi connectivity index (χ3v) is 6.61. The highest BCUT2D eigenvalue weighted by atomic mass is 32.2. The molecule has 0 saturated carbocycles. The summed E-state index contributed by atoms with van der Waals surface area (Å²) in [6, 6.07) is -0.179. The Kier molecular flexibility index (Phi) is 6.13. The van der Waals surface area contributed by atoms with Gasteiger partial charge in [-0.1, -0.05) is 25.6 Å². The molecule has 0 aromatic carbocycles. The van der Waals surface area contributed by atoms with Gasteiger partial charge in [0.1, 0.15) is 0 Å². The van der Waals surface area contributed by atoms with Crippen LogP contribution in [-0.4, -0.2) is 58.6 Å². The Morgan fingerprint density at radius 3 is 2.83 bits per heavy atom. The number of hydrogen-bond donors (Lipinski definition) is 0. The zero-order valence-electron chi connectivity index (χ0n) is 13.9. The lowest BCUT2D eigenvalue weighted by Gasteiger charge is -2.29. The molecule has 0 spiro atoms. The molecule has 1 aromatic heterocycles. The highest BCUT2D eigenvalue weighted by Gasteiger charge is 2.34. The van der Waals surface area contributed by atoms with Gasteiger partial charge in [0, 0.05) is 31.5 Å².